The highest BCUT2D eigenvalue weighted by Gasteiger charge is 2.17. The molecule has 0 unspecified atom stereocenters. The number of benzene rings is 11. The van der Waals surface area contributed by atoms with Gasteiger partial charge in [-0.05, 0) is 170 Å². The molecule has 0 bridgehead atoms. The molecule has 0 radical (unpaired) electrons. The Bertz CT molecular complexity index is 7070. The molecule has 0 fully saturated rings. The Kier molecular flexibility index (Phi) is 14.3. The fraction of sp³-hybridized carbons (Fsp3) is 0. The van der Waals surface area contributed by atoms with Gasteiger partial charge in [0.2, 0.25) is 0 Å². The lowest BCUT2D eigenvalue weighted by Gasteiger charge is -2.13. The predicted molar refractivity (Wildman–Crippen MR) is 427 cm³/mol. The molecule has 10 aromatic heterocycles. The molecule has 104 heavy (non-hydrogen) atoms. The summed E-state index contributed by atoms with van der Waals surface area (Å²) in [4.78, 5) is 48.0. The van der Waals surface area contributed by atoms with Gasteiger partial charge in [0.15, 0.2) is 0 Å². The van der Waals surface area contributed by atoms with Gasteiger partial charge < -0.3 is 0 Å². The van der Waals surface area contributed by atoms with Crippen LogP contribution in [-0.2, 0) is 0 Å². The van der Waals surface area contributed by atoms with Gasteiger partial charge in [0.05, 0.1) is 72.6 Å². The number of aromatic nitrogens is 10. The summed E-state index contributed by atoms with van der Waals surface area (Å²) in [6.07, 6.45) is 13.0. The second kappa shape index (κ2) is 24.9. The second-order valence-electron chi connectivity index (χ2n) is 26.3. The van der Waals surface area contributed by atoms with Crippen LogP contribution in [0.3, 0.4) is 0 Å². The molecule has 0 saturated carbocycles. The molecule has 21 aromatic rings. The van der Waals surface area contributed by atoms with Gasteiger partial charge in [-0.2, -0.15) is 0 Å². The largest absolute Gasteiger partial charge is 0.264 e. The van der Waals surface area contributed by atoms with Crippen LogP contribution < -0.4 is 0 Å². The van der Waals surface area contributed by atoms with E-state index >= 15 is 0 Å². The second-order valence-corrected chi connectivity index (χ2v) is 26.3. The van der Waals surface area contributed by atoms with E-state index in [1.165, 1.54) is 0 Å². The van der Waals surface area contributed by atoms with Gasteiger partial charge in [0.1, 0.15) is 0 Å². The zero-order valence-electron chi connectivity index (χ0n) is 55.8. The van der Waals surface area contributed by atoms with E-state index in [-0.39, 0.29) is 0 Å². The molecule has 10 heterocycles. The molecule has 482 valence electrons. The minimum absolute atomic E-state index is 0.916. The molecule has 0 saturated heterocycles. The number of hydrogen-bond donors (Lipinski definition) is 0. The number of fused-ring (bicyclic) bond motifs is 13. The molecular weight excluding hydrogens is 1270 g/mol. The van der Waals surface area contributed by atoms with Crippen molar-refractivity contribution in [2.24, 2.45) is 0 Å². The van der Waals surface area contributed by atoms with Gasteiger partial charge in [-0.3, -0.25) is 24.9 Å². The summed E-state index contributed by atoms with van der Waals surface area (Å²) in [5, 5.41) is 15.6. The normalized spacial score (nSPS) is 11.7. The Balaban J connectivity index is 0.000000139. The van der Waals surface area contributed by atoms with E-state index in [0.717, 1.165) is 209 Å². The molecule has 21 rings (SSSR count). The summed E-state index contributed by atoms with van der Waals surface area (Å²) in [6.45, 7) is 0. The van der Waals surface area contributed by atoms with Crippen molar-refractivity contribution in [3.63, 3.8) is 0 Å². The van der Waals surface area contributed by atoms with Crippen molar-refractivity contribution in [1.82, 2.24) is 49.8 Å². The fourth-order valence-electron chi connectivity index (χ4n) is 15.0. The van der Waals surface area contributed by atoms with Crippen molar-refractivity contribution in [2.75, 3.05) is 0 Å². The topological polar surface area (TPSA) is 129 Å². The van der Waals surface area contributed by atoms with E-state index in [1.54, 1.807) is 0 Å². The van der Waals surface area contributed by atoms with Gasteiger partial charge in [-0.15, -0.1) is 0 Å². The summed E-state index contributed by atoms with van der Waals surface area (Å²) in [5.74, 6) is 0. The molecule has 0 atom stereocenters. The fourth-order valence-corrected chi connectivity index (χ4v) is 15.0. The molecule has 0 spiro atoms. The third-order valence-electron chi connectivity index (χ3n) is 20.2. The summed E-state index contributed by atoms with van der Waals surface area (Å²) in [7, 11) is 0. The minimum Gasteiger partial charge on any atom is -0.264 e. The first-order chi connectivity index (χ1) is 51.5. The van der Waals surface area contributed by atoms with E-state index in [0.29, 0.717) is 0 Å². The number of pyridine rings is 10. The van der Waals surface area contributed by atoms with E-state index in [4.69, 9.17) is 24.9 Å². The molecule has 0 aliphatic carbocycles. The Morgan fingerprint density at radius 3 is 1.07 bits per heavy atom. The maximum absolute atomic E-state index is 5.18. The van der Waals surface area contributed by atoms with Crippen molar-refractivity contribution >= 4 is 120 Å². The smallest absolute Gasteiger partial charge is 0.0972 e. The average Bonchev–Trinajstić information content (AvgIpc) is 0.795. The Hall–Kier alpha value is -14.2. The van der Waals surface area contributed by atoms with Crippen molar-refractivity contribution in [1.29, 1.82) is 0 Å². The SMILES string of the molecule is c1cc(-c2ccc3cc(-c4ccc5nc(-c6ccc(-c7cc8cccnc8c8ncccc78)cc6)ccc5c4)ccc3n2)c2ccncc2c1.c1cc(-c2ccc3cc(-c4ccc5nc(-c6ccc(-c7ccc8ccc9cccnc9c8n7)c7ccccc67)ccc5c4)ccc3n2)c2ccncc2c1. The highest BCUT2D eigenvalue weighted by molar-refractivity contribution is 6.11. The Labute approximate surface area is 596 Å². The maximum Gasteiger partial charge on any atom is 0.0972 e. The van der Waals surface area contributed by atoms with E-state index in [2.05, 4.69) is 304 Å². The summed E-state index contributed by atoms with van der Waals surface area (Å²) >= 11 is 0. The average molecular weight is 1330 g/mol. The van der Waals surface area contributed by atoms with Crippen molar-refractivity contribution in [3.8, 4) is 89.7 Å². The highest BCUT2D eigenvalue weighted by atomic mass is 14.8. The predicted octanol–water partition coefficient (Wildman–Crippen LogP) is 23.3. The quantitative estimate of drug-likeness (QED) is 0.136. The Morgan fingerprint density at radius 2 is 0.548 bits per heavy atom. The van der Waals surface area contributed by atoms with Crippen LogP contribution in [0, 0.1) is 0 Å². The summed E-state index contributed by atoms with van der Waals surface area (Å²) in [6, 6.07) is 104. The van der Waals surface area contributed by atoms with Crippen LogP contribution in [-0.4, -0.2) is 49.8 Å². The third-order valence-corrected chi connectivity index (χ3v) is 20.2. The number of hydrogen-bond acceptors (Lipinski definition) is 10. The zero-order chi connectivity index (χ0) is 68.6. The first kappa shape index (κ1) is 59.8. The van der Waals surface area contributed by atoms with Crippen LogP contribution >= 0.6 is 0 Å². The molecule has 10 heteroatoms. The monoisotopic (exact) mass is 1320 g/mol. The van der Waals surface area contributed by atoms with Crippen LogP contribution in [0.5, 0.6) is 0 Å². The molecular formula is C94H56N10. The van der Waals surface area contributed by atoms with E-state index < -0.39 is 0 Å². The van der Waals surface area contributed by atoms with E-state index in [1.807, 2.05) is 61.6 Å². The van der Waals surface area contributed by atoms with Gasteiger partial charge in [-0.1, -0.05) is 182 Å². The van der Waals surface area contributed by atoms with Crippen LogP contribution in [0.15, 0.2) is 341 Å². The standard InChI is InChI=1S/C49H29N5.C45H27N5/c1-2-8-39-38(7-1)41(17-18-42(39)47-21-12-31-11-10-30-6-4-25-51-48(30)49(31)54-47)46-23-16-35-28-33(14-20-44(35)53-46)32-13-19-43-34(27-32)15-22-45(52-43)40-9-3-5-36-29-50-26-24-37(36)40;1-4-35-27-46-23-20-36(35)37(6-1)43-19-15-33-25-31(13-17-42(33)50-43)30-12-16-41-32(24-30)14-18-40(49-41)29-10-8-28(9-11-29)39-26-34-5-2-21-47-44(34)45-38(39)7-3-22-48-45/h1-29H;1-27H. The summed E-state index contributed by atoms with van der Waals surface area (Å²) < 4.78 is 0. The van der Waals surface area contributed by atoms with Crippen molar-refractivity contribution in [2.45, 2.75) is 0 Å². The minimum atomic E-state index is 0.916. The molecule has 0 aliphatic rings. The molecule has 11 aromatic carbocycles. The molecule has 0 amide bonds. The van der Waals surface area contributed by atoms with Crippen LogP contribution in [0.2, 0.25) is 0 Å². The molecule has 0 N–H and O–H groups in total. The zero-order valence-corrected chi connectivity index (χ0v) is 55.8. The van der Waals surface area contributed by atoms with Crippen LogP contribution in [0.4, 0.5) is 0 Å². The number of rotatable bonds is 8. The van der Waals surface area contributed by atoms with Gasteiger partial charge in [0.25, 0.3) is 0 Å². The van der Waals surface area contributed by atoms with E-state index in [9.17, 15) is 0 Å². The molecule has 0 aliphatic heterocycles. The maximum atomic E-state index is 5.18. The third kappa shape index (κ3) is 10.7. The first-order valence-electron chi connectivity index (χ1n) is 34.7. The Morgan fingerprint density at radius 1 is 0.173 bits per heavy atom. The van der Waals surface area contributed by atoms with Crippen molar-refractivity contribution < 1.29 is 0 Å². The molecule has 10 nitrogen and oxygen atoms in total. The van der Waals surface area contributed by atoms with Gasteiger partial charge in [-0.25, -0.2) is 24.9 Å². The van der Waals surface area contributed by atoms with Gasteiger partial charge in [0, 0.05) is 125 Å². The highest BCUT2D eigenvalue weighted by Crippen LogP contribution is 2.40. The first-order valence-corrected chi connectivity index (χ1v) is 34.7. The van der Waals surface area contributed by atoms with Crippen molar-refractivity contribution in [3.05, 3.63) is 341 Å². The lowest BCUT2D eigenvalue weighted by Crippen LogP contribution is -1.92. The van der Waals surface area contributed by atoms with Crippen LogP contribution in [0.25, 0.3) is 209 Å². The summed E-state index contributed by atoms with van der Waals surface area (Å²) in [5.41, 5.74) is 24.6. The lowest BCUT2D eigenvalue weighted by molar-refractivity contribution is 1.36. The van der Waals surface area contributed by atoms with Gasteiger partial charge >= 0.3 is 0 Å². The number of nitrogens with zero attached hydrogens (tertiary/aromatic N) is 10. The lowest BCUT2D eigenvalue weighted by atomic mass is 9.95. The van der Waals surface area contributed by atoms with Crippen LogP contribution in [0.1, 0.15) is 0 Å².